The van der Waals surface area contributed by atoms with Crippen LogP contribution in [-0.2, 0) is 4.74 Å². The van der Waals surface area contributed by atoms with Gasteiger partial charge in [0.2, 0.25) is 0 Å². The number of ether oxygens (including phenoxy) is 1. The van der Waals surface area contributed by atoms with Gasteiger partial charge in [0.15, 0.2) is 0 Å². The Morgan fingerprint density at radius 2 is 2.47 bits per heavy atom. The standard InChI is InChI=1S/C14H21N3O2/c1-3-19-14(18)12-5-4-7-16-13(12)17-8-6-11(9-17)10(2)15/h4-5,7,10-11H,3,6,8-9,15H2,1-2H3. The van der Waals surface area contributed by atoms with Crippen LogP contribution in [0.15, 0.2) is 18.3 Å². The van der Waals surface area contributed by atoms with Gasteiger partial charge in [-0.25, -0.2) is 9.78 Å². The van der Waals surface area contributed by atoms with Gasteiger partial charge >= 0.3 is 5.97 Å². The average Bonchev–Trinajstić information content (AvgIpc) is 2.88. The van der Waals surface area contributed by atoms with Gasteiger partial charge in [-0.3, -0.25) is 0 Å². The molecule has 2 atom stereocenters. The maximum atomic E-state index is 11.9. The molecule has 1 aliphatic rings. The van der Waals surface area contributed by atoms with Crippen LogP contribution in [0.4, 0.5) is 5.82 Å². The molecule has 1 fully saturated rings. The van der Waals surface area contributed by atoms with Crippen LogP contribution in [0.3, 0.4) is 0 Å². The predicted octanol–water partition coefficient (Wildman–Crippen LogP) is 1.43. The van der Waals surface area contributed by atoms with E-state index in [2.05, 4.69) is 9.88 Å². The number of hydrogen-bond donors (Lipinski definition) is 1. The lowest BCUT2D eigenvalue weighted by atomic mass is 10.0. The first-order valence-corrected chi connectivity index (χ1v) is 6.76. The Balaban J connectivity index is 2.19. The third kappa shape index (κ3) is 3.04. The Hall–Kier alpha value is -1.62. The normalized spacial score (nSPS) is 20.4. The molecule has 2 N–H and O–H groups in total. The maximum absolute atomic E-state index is 11.9. The number of rotatable bonds is 4. The number of pyridine rings is 1. The zero-order valence-electron chi connectivity index (χ0n) is 11.5. The van der Waals surface area contributed by atoms with Gasteiger partial charge in [0.25, 0.3) is 0 Å². The van der Waals surface area contributed by atoms with E-state index in [0.29, 0.717) is 23.9 Å². The van der Waals surface area contributed by atoms with E-state index in [4.69, 9.17) is 10.5 Å². The Morgan fingerprint density at radius 1 is 1.68 bits per heavy atom. The molecule has 0 radical (unpaired) electrons. The quantitative estimate of drug-likeness (QED) is 0.832. The Morgan fingerprint density at radius 3 is 3.11 bits per heavy atom. The average molecular weight is 263 g/mol. The molecule has 0 bridgehead atoms. The van der Waals surface area contributed by atoms with E-state index in [-0.39, 0.29) is 12.0 Å². The second-order valence-electron chi connectivity index (χ2n) is 4.95. The summed E-state index contributed by atoms with van der Waals surface area (Å²) in [5.74, 6) is 0.857. The first kappa shape index (κ1) is 13.8. The Bertz CT molecular complexity index is 448. The summed E-state index contributed by atoms with van der Waals surface area (Å²) in [4.78, 5) is 18.4. The molecular formula is C14H21N3O2. The van der Waals surface area contributed by atoms with Gasteiger partial charge in [-0.15, -0.1) is 0 Å². The fourth-order valence-electron chi connectivity index (χ4n) is 2.43. The van der Waals surface area contributed by atoms with Crippen LogP contribution in [0.5, 0.6) is 0 Å². The van der Waals surface area contributed by atoms with Crippen molar-refractivity contribution >= 4 is 11.8 Å². The molecule has 1 aromatic rings. The fourth-order valence-corrected chi connectivity index (χ4v) is 2.43. The van der Waals surface area contributed by atoms with Gasteiger partial charge in [0.05, 0.1) is 6.61 Å². The highest BCUT2D eigenvalue weighted by atomic mass is 16.5. The molecule has 2 rings (SSSR count). The number of nitrogens with two attached hydrogens (primary N) is 1. The molecule has 104 valence electrons. The molecule has 5 nitrogen and oxygen atoms in total. The second kappa shape index (κ2) is 6.02. The van der Waals surface area contributed by atoms with Crippen LogP contribution in [0.1, 0.15) is 30.6 Å². The van der Waals surface area contributed by atoms with Crippen molar-refractivity contribution in [1.82, 2.24) is 4.98 Å². The molecule has 2 heterocycles. The minimum Gasteiger partial charge on any atom is -0.462 e. The van der Waals surface area contributed by atoms with E-state index in [1.807, 2.05) is 6.92 Å². The second-order valence-corrected chi connectivity index (χ2v) is 4.95. The van der Waals surface area contributed by atoms with Gasteiger partial charge in [0, 0.05) is 25.3 Å². The zero-order chi connectivity index (χ0) is 13.8. The van der Waals surface area contributed by atoms with Crippen molar-refractivity contribution < 1.29 is 9.53 Å². The Labute approximate surface area is 113 Å². The number of nitrogens with zero attached hydrogens (tertiary/aromatic N) is 2. The monoisotopic (exact) mass is 263 g/mol. The van der Waals surface area contributed by atoms with E-state index in [0.717, 1.165) is 19.5 Å². The lowest BCUT2D eigenvalue weighted by Crippen LogP contribution is -2.30. The van der Waals surface area contributed by atoms with Gasteiger partial charge in [-0.2, -0.15) is 0 Å². The Kier molecular flexibility index (Phi) is 4.37. The molecule has 0 amide bonds. The zero-order valence-corrected chi connectivity index (χ0v) is 11.5. The van der Waals surface area contributed by atoms with E-state index >= 15 is 0 Å². The lowest BCUT2D eigenvalue weighted by molar-refractivity contribution is 0.0526. The summed E-state index contributed by atoms with van der Waals surface area (Å²) in [7, 11) is 0. The summed E-state index contributed by atoms with van der Waals surface area (Å²) in [6.07, 6.45) is 2.74. The highest BCUT2D eigenvalue weighted by molar-refractivity contribution is 5.94. The summed E-state index contributed by atoms with van der Waals surface area (Å²) in [5.41, 5.74) is 6.48. The molecule has 19 heavy (non-hydrogen) atoms. The highest BCUT2D eigenvalue weighted by Gasteiger charge is 2.28. The first-order valence-electron chi connectivity index (χ1n) is 6.76. The molecule has 1 aliphatic heterocycles. The molecule has 0 aliphatic carbocycles. The summed E-state index contributed by atoms with van der Waals surface area (Å²) in [5, 5.41) is 0. The van der Waals surface area contributed by atoms with Gasteiger partial charge in [-0.1, -0.05) is 0 Å². The van der Waals surface area contributed by atoms with Crippen molar-refractivity contribution in [3.8, 4) is 0 Å². The number of carbonyl (C=O) groups excluding carboxylic acids is 1. The summed E-state index contributed by atoms with van der Waals surface area (Å²) in [6.45, 7) is 5.93. The SMILES string of the molecule is CCOC(=O)c1cccnc1N1CCC(C(C)N)C1. The third-order valence-electron chi connectivity index (χ3n) is 3.55. The lowest BCUT2D eigenvalue weighted by Gasteiger charge is -2.20. The summed E-state index contributed by atoms with van der Waals surface area (Å²) < 4.78 is 5.07. The van der Waals surface area contributed by atoms with Crippen molar-refractivity contribution in [3.05, 3.63) is 23.9 Å². The fraction of sp³-hybridized carbons (Fsp3) is 0.571. The number of aromatic nitrogens is 1. The molecule has 0 saturated carbocycles. The van der Waals surface area contributed by atoms with Crippen molar-refractivity contribution in [2.45, 2.75) is 26.3 Å². The molecule has 2 unspecified atom stereocenters. The van der Waals surface area contributed by atoms with Gasteiger partial charge in [0.1, 0.15) is 11.4 Å². The number of anilines is 1. The van der Waals surface area contributed by atoms with Crippen molar-refractivity contribution in [3.63, 3.8) is 0 Å². The van der Waals surface area contributed by atoms with E-state index in [1.54, 1.807) is 25.3 Å². The number of esters is 1. The predicted molar refractivity (Wildman–Crippen MR) is 74.2 cm³/mol. The summed E-state index contributed by atoms with van der Waals surface area (Å²) >= 11 is 0. The van der Waals surface area contributed by atoms with Crippen molar-refractivity contribution in [2.24, 2.45) is 11.7 Å². The molecule has 1 saturated heterocycles. The van der Waals surface area contributed by atoms with Gasteiger partial charge in [-0.05, 0) is 38.3 Å². The minimum atomic E-state index is -0.310. The van der Waals surface area contributed by atoms with Crippen LogP contribution in [0.2, 0.25) is 0 Å². The molecular weight excluding hydrogens is 242 g/mol. The smallest absolute Gasteiger partial charge is 0.341 e. The van der Waals surface area contributed by atoms with Crippen LogP contribution >= 0.6 is 0 Å². The van der Waals surface area contributed by atoms with Crippen LogP contribution < -0.4 is 10.6 Å². The van der Waals surface area contributed by atoms with E-state index in [1.165, 1.54) is 0 Å². The maximum Gasteiger partial charge on any atom is 0.341 e. The third-order valence-corrected chi connectivity index (χ3v) is 3.55. The number of carbonyl (C=O) groups is 1. The van der Waals surface area contributed by atoms with Crippen LogP contribution in [0, 0.1) is 5.92 Å². The molecule has 5 heteroatoms. The highest BCUT2D eigenvalue weighted by Crippen LogP contribution is 2.26. The number of hydrogen-bond acceptors (Lipinski definition) is 5. The van der Waals surface area contributed by atoms with E-state index in [9.17, 15) is 4.79 Å². The molecule has 0 spiro atoms. The molecule has 1 aromatic heterocycles. The first-order chi connectivity index (χ1) is 9.13. The van der Waals surface area contributed by atoms with Crippen LogP contribution in [-0.4, -0.2) is 36.7 Å². The minimum absolute atomic E-state index is 0.166. The van der Waals surface area contributed by atoms with E-state index < -0.39 is 0 Å². The van der Waals surface area contributed by atoms with Crippen molar-refractivity contribution in [1.29, 1.82) is 0 Å². The van der Waals surface area contributed by atoms with Crippen molar-refractivity contribution in [2.75, 3.05) is 24.6 Å². The van der Waals surface area contributed by atoms with Gasteiger partial charge < -0.3 is 15.4 Å². The molecule has 0 aromatic carbocycles. The summed E-state index contributed by atoms with van der Waals surface area (Å²) in [6, 6.07) is 3.69. The largest absolute Gasteiger partial charge is 0.462 e. The van der Waals surface area contributed by atoms with Crippen LogP contribution in [0.25, 0.3) is 0 Å². The topological polar surface area (TPSA) is 68.5 Å².